The number of nitrogens with one attached hydrogen (secondary N) is 1. The monoisotopic (exact) mass is 224 g/mol. The van der Waals surface area contributed by atoms with Gasteiger partial charge in [0.25, 0.3) is 5.91 Å². The summed E-state index contributed by atoms with van der Waals surface area (Å²) in [6.45, 7) is 2.36. The molecule has 1 aromatic heterocycles. The van der Waals surface area contributed by atoms with Crippen LogP contribution in [-0.4, -0.2) is 53.0 Å². The van der Waals surface area contributed by atoms with Gasteiger partial charge >= 0.3 is 0 Å². The van der Waals surface area contributed by atoms with E-state index in [0.717, 1.165) is 32.6 Å². The van der Waals surface area contributed by atoms with Gasteiger partial charge < -0.3 is 9.64 Å². The molecule has 6 heteroatoms. The second-order valence-corrected chi connectivity index (χ2v) is 4.10. The number of aromatic amines is 1. The standard InChI is InChI=1S/C10H16N4O2/c1-14(7-8-2-4-16-5-3-8)10(15)9-6-11-13-12-9/h6,8H,2-5,7H2,1H3,(H,11,12,13). The lowest BCUT2D eigenvalue weighted by Gasteiger charge is -2.26. The van der Waals surface area contributed by atoms with Gasteiger partial charge in [0.1, 0.15) is 0 Å². The van der Waals surface area contributed by atoms with E-state index in [9.17, 15) is 4.79 Å². The molecule has 0 radical (unpaired) electrons. The average Bonchev–Trinajstić information content (AvgIpc) is 2.83. The third-order valence-corrected chi connectivity index (χ3v) is 2.85. The highest BCUT2D eigenvalue weighted by Crippen LogP contribution is 2.16. The van der Waals surface area contributed by atoms with Crippen LogP contribution >= 0.6 is 0 Å². The number of hydrogen-bond acceptors (Lipinski definition) is 4. The fourth-order valence-corrected chi connectivity index (χ4v) is 1.90. The van der Waals surface area contributed by atoms with Crippen molar-refractivity contribution in [3.63, 3.8) is 0 Å². The van der Waals surface area contributed by atoms with E-state index in [0.29, 0.717) is 11.6 Å². The van der Waals surface area contributed by atoms with Crippen molar-refractivity contribution in [1.29, 1.82) is 0 Å². The summed E-state index contributed by atoms with van der Waals surface area (Å²) >= 11 is 0. The number of nitrogens with zero attached hydrogens (tertiary/aromatic N) is 3. The van der Waals surface area contributed by atoms with E-state index in [4.69, 9.17) is 4.74 Å². The van der Waals surface area contributed by atoms with Crippen LogP contribution in [0.15, 0.2) is 6.20 Å². The van der Waals surface area contributed by atoms with E-state index in [1.807, 2.05) is 0 Å². The molecule has 0 aliphatic carbocycles. The van der Waals surface area contributed by atoms with Crippen molar-refractivity contribution in [2.45, 2.75) is 12.8 Å². The summed E-state index contributed by atoms with van der Waals surface area (Å²) in [5.74, 6) is 0.454. The summed E-state index contributed by atoms with van der Waals surface area (Å²) in [7, 11) is 1.80. The fraction of sp³-hybridized carbons (Fsp3) is 0.700. The first-order valence-corrected chi connectivity index (χ1v) is 5.46. The number of aromatic nitrogens is 3. The van der Waals surface area contributed by atoms with Crippen molar-refractivity contribution in [2.75, 3.05) is 26.8 Å². The highest BCUT2D eigenvalue weighted by molar-refractivity contribution is 5.91. The lowest BCUT2D eigenvalue weighted by Crippen LogP contribution is -2.34. The third kappa shape index (κ3) is 2.57. The van der Waals surface area contributed by atoms with Crippen LogP contribution in [0.2, 0.25) is 0 Å². The smallest absolute Gasteiger partial charge is 0.275 e. The Labute approximate surface area is 94.0 Å². The zero-order valence-corrected chi connectivity index (χ0v) is 9.35. The van der Waals surface area contributed by atoms with Crippen molar-refractivity contribution in [1.82, 2.24) is 20.3 Å². The zero-order chi connectivity index (χ0) is 11.4. The fourth-order valence-electron chi connectivity index (χ4n) is 1.90. The van der Waals surface area contributed by atoms with Crippen molar-refractivity contribution < 1.29 is 9.53 Å². The van der Waals surface area contributed by atoms with Gasteiger partial charge in [0, 0.05) is 26.8 Å². The van der Waals surface area contributed by atoms with Gasteiger partial charge in [0.15, 0.2) is 5.69 Å². The van der Waals surface area contributed by atoms with Crippen LogP contribution in [0.25, 0.3) is 0 Å². The van der Waals surface area contributed by atoms with Crippen LogP contribution in [-0.2, 0) is 4.74 Å². The molecule has 0 atom stereocenters. The third-order valence-electron chi connectivity index (χ3n) is 2.85. The maximum absolute atomic E-state index is 11.9. The molecular weight excluding hydrogens is 208 g/mol. The molecule has 0 bridgehead atoms. The number of carbonyl (C=O) groups excluding carboxylic acids is 1. The number of H-pyrrole nitrogens is 1. The molecule has 1 N–H and O–H groups in total. The molecule has 1 aliphatic heterocycles. The molecule has 6 nitrogen and oxygen atoms in total. The number of hydrogen-bond donors (Lipinski definition) is 1. The molecule has 1 amide bonds. The summed E-state index contributed by atoms with van der Waals surface area (Å²) in [6, 6.07) is 0. The Kier molecular flexibility index (Phi) is 3.51. The van der Waals surface area contributed by atoms with Gasteiger partial charge in [-0.2, -0.15) is 15.4 Å². The Hall–Kier alpha value is -1.43. The molecule has 1 aliphatic rings. The van der Waals surface area contributed by atoms with E-state index in [-0.39, 0.29) is 5.91 Å². The molecule has 1 aromatic rings. The second kappa shape index (κ2) is 5.07. The second-order valence-electron chi connectivity index (χ2n) is 4.10. The predicted molar refractivity (Wildman–Crippen MR) is 56.9 cm³/mol. The Bertz CT molecular complexity index is 333. The number of ether oxygens (including phenoxy) is 1. The van der Waals surface area contributed by atoms with Gasteiger partial charge in [-0.25, -0.2) is 0 Å². The quantitative estimate of drug-likeness (QED) is 0.801. The predicted octanol–water partition coefficient (Wildman–Crippen LogP) is 0.303. The highest BCUT2D eigenvalue weighted by atomic mass is 16.5. The molecule has 1 fully saturated rings. The summed E-state index contributed by atoms with van der Waals surface area (Å²) in [5, 5.41) is 9.85. The van der Waals surface area contributed by atoms with Crippen LogP contribution in [0, 0.1) is 5.92 Å². The Balaban J connectivity index is 1.87. The molecule has 0 saturated carbocycles. The maximum Gasteiger partial charge on any atom is 0.275 e. The SMILES string of the molecule is CN(CC1CCOCC1)C(=O)c1cn[nH]n1. The first-order chi connectivity index (χ1) is 7.77. The number of rotatable bonds is 3. The van der Waals surface area contributed by atoms with Crippen molar-refractivity contribution in [3.05, 3.63) is 11.9 Å². The van der Waals surface area contributed by atoms with E-state index < -0.39 is 0 Å². The molecule has 2 rings (SSSR count). The Morgan fingerprint density at radius 3 is 3.00 bits per heavy atom. The van der Waals surface area contributed by atoms with Gasteiger partial charge in [-0.05, 0) is 18.8 Å². The highest BCUT2D eigenvalue weighted by Gasteiger charge is 2.20. The van der Waals surface area contributed by atoms with Crippen molar-refractivity contribution in [3.8, 4) is 0 Å². The minimum Gasteiger partial charge on any atom is -0.381 e. The summed E-state index contributed by atoms with van der Waals surface area (Å²) in [5.41, 5.74) is 0.370. The summed E-state index contributed by atoms with van der Waals surface area (Å²) in [6.07, 6.45) is 3.50. The van der Waals surface area contributed by atoms with Gasteiger partial charge in [-0.3, -0.25) is 4.79 Å². The minimum atomic E-state index is -0.0831. The lowest BCUT2D eigenvalue weighted by atomic mass is 10.00. The largest absolute Gasteiger partial charge is 0.381 e. The Morgan fingerprint density at radius 2 is 2.38 bits per heavy atom. The van der Waals surface area contributed by atoms with Crippen LogP contribution in [0.4, 0.5) is 0 Å². The molecule has 16 heavy (non-hydrogen) atoms. The van der Waals surface area contributed by atoms with E-state index in [2.05, 4.69) is 15.4 Å². The minimum absolute atomic E-state index is 0.0831. The van der Waals surface area contributed by atoms with Crippen LogP contribution in [0.5, 0.6) is 0 Å². The Morgan fingerprint density at radius 1 is 1.62 bits per heavy atom. The average molecular weight is 224 g/mol. The van der Waals surface area contributed by atoms with Crippen LogP contribution in [0.1, 0.15) is 23.3 Å². The first kappa shape index (κ1) is 11.1. The molecule has 0 aromatic carbocycles. The van der Waals surface area contributed by atoms with Crippen LogP contribution < -0.4 is 0 Å². The van der Waals surface area contributed by atoms with E-state index in [1.165, 1.54) is 6.20 Å². The molecule has 0 unspecified atom stereocenters. The molecule has 88 valence electrons. The molecule has 0 spiro atoms. The van der Waals surface area contributed by atoms with Gasteiger partial charge in [0.2, 0.25) is 0 Å². The van der Waals surface area contributed by atoms with Gasteiger partial charge in [0.05, 0.1) is 6.20 Å². The summed E-state index contributed by atoms with van der Waals surface area (Å²) in [4.78, 5) is 13.6. The molecule has 2 heterocycles. The lowest BCUT2D eigenvalue weighted by molar-refractivity contribution is 0.0495. The maximum atomic E-state index is 11.9. The molecule has 1 saturated heterocycles. The molecular formula is C10H16N4O2. The summed E-state index contributed by atoms with van der Waals surface area (Å²) < 4.78 is 5.28. The van der Waals surface area contributed by atoms with Gasteiger partial charge in [-0.1, -0.05) is 0 Å². The number of carbonyl (C=O) groups is 1. The van der Waals surface area contributed by atoms with Crippen molar-refractivity contribution >= 4 is 5.91 Å². The topological polar surface area (TPSA) is 71.1 Å². The van der Waals surface area contributed by atoms with E-state index in [1.54, 1.807) is 11.9 Å². The van der Waals surface area contributed by atoms with Crippen LogP contribution in [0.3, 0.4) is 0 Å². The van der Waals surface area contributed by atoms with E-state index >= 15 is 0 Å². The zero-order valence-electron chi connectivity index (χ0n) is 9.35. The number of amides is 1. The van der Waals surface area contributed by atoms with Gasteiger partial charge in [-0.15, -0.1) is 0 Å². The van der Waals surface area contributed by atoms with Crippen molar-refractivity contribution in [2.24, 2.45) is 5.92 Å². The normalized spacial score (nSPS) is 17.3. The first-order valence-electron chi connectivity index (χ1n) is 5.46.